The third-order valence-electron chi connectivity index (χ3n) is 29.1. The van der Waals surface area contributed by atoms with Gasteiger partial charge < -0.3 is 57.2 Å². The van der Waals surface area contributed by atoms with Crippen molar-refractivity contribution in [1.29, 1.82) is 0 Å². The van der Waals surface area contributed by atoms with Crippen LogP contribution in [-0.2, 0) is 57.0 Å². The fourth-order valence-corrected chi connectivity index (χ4v) is 19.6. The van der Waals surface area contributed by atoms with Crippen molar-refractivity contribution in [2.45, 2.75) is 643 Å². The van der Waals surface area contributed by atoms with Gasteiger partial charge in [0.2, 0.25) is 0 Å². The number of esters is 2. The van der Waals surface area contributed by atoms with Gasteiger partial charge in [-0.1, -0.05) is 466 Å². The molecule has 0 aromatic rings. The van der Waals surface area contributed by atoms with E-state index >= 15 is 0 Å². The minimum atomic E-state index is -0.537. The van der Waals surface area contributed by atoms with Crippen LogP contribution in [0.1, 0.15) is 594 Å². The minimum Gasteiger partial charge on any atom is -0.463 e. The molecule has 148 heavy (non-hydrogen) atoms. The Hall–Kier alpha value is -3.80. The predicted octanol–water partition coefficient (Wildman–Crippen LogP) is 39.9. The van der Waals surface area contributed by atoms with Crippen molar-refractivity contribution in [2.24, 2.45) is 0 Å². The number of unbranched alkanes of at least 4 members (excludes halogenated alkanes) is 67. The van der Waals surface area contributed by atoms with Crippen LogP contribution >= 0.6 is 0 Å². The Labute approximate surface area is 919 Å². The van der Waals surface area contributed by atoms with Crippen LogP contribution in [0.4, 0.5) is 0 Å². The van der Waals surface area contributed by atoms with Crippen LogP contribution in [0.3, 0.4) is 0 Å². The summed E-state index contributed by atoms with van der Waals surface area (Å²) in [5.74, 6) is -0.363. The number of hydrogen-bond acceptors (Lipinski definition) is 14. The molecule has 0 N–H and O–H groups in total. The first-order valence-corrected chi connectivity index (χ1v) is 64.5. The molecule has 2 heterocycles. The third kappa shape index (κ3) is 100. The molecule has 2 fully saturated rings. The number of nitrogens with zero attached hydrogens (tertiary/aromatic N) is 2. The third-order valence-corrected chi connectivity index (χ3v) is 29.1. The van der Waals surface area contributed by atoms with E-state index in [-0.39, 0.29) is 49.6 Å². The lowest BCUT2D eigenvalue weighted by molar-refractivity contribution is -0.184. The van der Waals surface area contributed by atoms with Gasteiger partial charge in [0, 0.05) is 52.5 Å². The fraction of sp³-hybridized carbons (Fsp3) is 0.851. The number of rotatable bonds is 115. The Balaban J connectivity index is 0.00000148. The van der Waals surface area contributed by atoms with Gasteiger partial charge in [-0.2, -0.15) is 0 Å². The molecule has 2 unspecified atom stereocenters. The zero-order valence-corrected chi connectivity index (χ0v) is 99.7. The smallest absolute Gasteiger partial charge is 0.305 e. The molecule has 2 aliphatic rings. The number of carbonyl (C=O) groups excluding carboxylic acids is 2. The maximum Gasteiger partial charge on any atom is 0.305 e. The summed E-state index contributed by atoms with van der Waals surface area (Å²) in [5.41, 5.74) is 0. The number of allylic oxidation sites excluding steroid dienone is 18. The molecule has 2 rings (SSSR count). The average Bonchev–Trinajstić information content (AvgIpc) is 1.67. The molecular formula is C134H248N2O12. The Morgan fingerprint density at radius 3 is 0.561 bits per heavy atom. The van der Waals surface area contributed by atoms with Crippen molar-refractivity contribution in [1.82, 2.24) is 9.80 Å². The second-order valence-electron chi connectivity index (χ2n) is 44.3. The normalized spacial score (nSPS) is 17.3. The molecule has 14 nitrogen and oxygen atoms in total. The lowest BCUT2D eigenvalue weighted by Gasteiger charge is -2.25. The van der Waals surface area contributed by atoms with Gasteiger partial charge in [0.05, 0.1) is 0 Å². The van der Waals surface area contributed by atoms with Crippen LogP contribution in [0.5, 0.6) is 0 Å². The Morgan fingerprint density at radius 1 is 0.196 bits per heavy atom. The topological polar surface area (TPSA) is 133 Å². The van der Waals surface area contributed by atoms with E-state index in [1.54, 1.807) is 0 Å². The number of carbonyl (C=O) groups is 2. The highest BCUT2D eigenvalue weighted by Gasteiger charge is 2.49. The molecular weight excluding hydrogens is 1830 g/mol. The first-order chi connectivity index (χ1) is 73.1. The van der Waals surface area contributed by atoms with Gasteiger partial charge in [-0.05, 0) is 266 Å². The zero-order chi connectivity index (χ0) is 107. The van der Waals surface area contributed by atoms with E-state index in [9.17, 15) is 9.59 Å². The minimum absolute atomic E-state index is 0.158. The second kappa shape index (κ2) is 119. The molecule has 0 bridgehead atoms. The van der Waals surface area contributed by atoms with Crippen LogP contribution in [0.2, 0.25) is 0 Å². The highest BCUT2D eigenvalue weighted by molar-refractivity contribution is 5.69. The highest BCUT2D eigenvalue weighted by atomic mass is 16.7. The van der Waals surface area contributed by atoms with E-state index in [2.05, 4.69) is 161 Å². The molecule has 866 valence electrons. The van der Waals surface area contributed by atoms with E-state index < -0.39 is 24.8 Å². The van der Waals surface area contributed by atoms with E-state index in [0.717, 1.165) is 122 Å². The lowest BCUT2D eigenvalue weighted by Crippen LogP contribution is -2.40. The van der Waals surface area contributed by atoms with Crippen molar-refractivity contribution < 1.29 is 57.0 Å². The molecule has 8 atom stereocenters. The molecule has 0 spiro atoms. The molecule has 2 saturated heterocycles. The van der Waals surface area contributed by atoms with Gasteiger partial charge in [-0.3, -0.25) is 9.59 Å². The summed E-state index contributed by atoms with van der Waals surface area (Å²) in [6, 6.07) is 0. The molecule has 14 heteroatoms. The van der Waals surface area contributed by atoms with Crippen molar-refractivity contribution in [3.63, 3.8) is 0 Å². The molecule has 0 saturated carbocycles. The van der Waals surface area contributed by atoms with Gasteiger partial charge in [0.25, 0.3) is 0 Å². The standard InChI is InChI=1S/C69H125NO6.C65H123NO6/c1-6-9-12-15-18-21-24-27-30-33-35-38-40-43-46-49-52-55-61-72-67-65(64-75-66(71)59-58-60-70(4)5)76-69(74-63-57-54-51-48-45-42-37-32-29-26-23-20-17-14-11-8-3)68(67)73-62-56-53-50-47-44-41-39-36-34-31-28-25-22-19-16-13-10-7-2;1-6-9-12-15-18-21-24-27-30-33-36-39-42-45-48-51-57-68-63-61(60-71-62(67)55-54-56-66(4)5)72-65(70-59-53-50-47-44-41-38-35-32-29-26-23-20-17-14-11-8-3)64(63)69-58-52-49-46-43-40-37-34-31-28-25-22-19-16-13-10-7-2/h20,23-25,27-29,32-36,65,67-69H,6-19,21-22,26,30-31,37-64H2,1-5H3;27-32,61,63-65H,6-26,33-60H2,1-5H3/b23-20-,27-24-,28-25-,32-29-,35-33-,36-34-;30-27-,31-28-,32-29-/t65-,67?,68+,69-;61-,63?,64+,65-/m11/s1. The second-order valence-corrected chi connectivity index (χ2v) is 44.3. The summed E-state index contributed by atoms with van der Waals surface area (Å²) >= 11 is 0. The summed E-state index contributed by atoms with van der Waals surface area (Å²) in [6.45, 7) is 19.6. The Kier molecular flexibility index (Phi) is 114. The summed E-state index contributed by atoms with van der Waals surface area (Å²) in [6.07, 6.45) is 145. The van der Waals surface area contributed by atoms with Gasteiger partial charge in [-0.15, -0.1) is 0 Å². The summed E-state index contributed by atoms with van der Waals surface area (Å²) in [5, 5.41) is 0. The Morgan fingerprint density at radius 2 is 0.358 bits per heavy atom. The zero-order valence-electron chi connectivity index (χ0n) is 99.7. The largest absolute Gasteiger partial charge is 0.463 e. The average molecular weight is 2080 g/mol. The van der Waals surface area contributed by atoms with Crippen molar-refractivity contribution in [3.05, 3.63) is 109 Å². The molecule has 0 aromatic carbocycles. The lowest BCUT2D eigenvalue weighted by atomic mass is 10.1. The van der Waals surface area contributed by atoms with Gasteiger partial charge in [-0.25, -0.2) is 0 Å². The summed E-state index contributed by atoms with van der Waals surface area (Å²) in [4.78, 5) is 29.9. The van der Waals surface area contributed by atoms with E-state index in [0.29, 0.717) is 52.5 Å². The van der Waals surface area contributed by atoms with Crippen LogP contribution in [0, 0.1) is 0 Å². The monoisotopic (exact) mass is 2080 g/mol. The van der Waals surface area contributed by atoms with Gasteiger partial charge >= 0.3 is 11.9 Å². The maximum atomic E-state index is 12.9. The summed E-state index contributed by atoms with van der Waals surface area (Å²) in [7, 11) is 8.13. The van der Waals surface area contributed by atoms with Crippen LogP contribution in [0.25, 0.3) is 0 Å². The van der Waals surface area contributed by atoms with Crippen LogP contribution in [0.15, 0.2) is 109 Å². The number of hydrogen-bond donors (Lipinski definition) is 0. The van der Waals surface area contributed by atoms with E-state index in [4.69, 9.17) is 47.4 Å². The van der Waals surface area contributed by atoms with Crippen molar-refractivity contribution in [2.75, 3.05) is 94.1 Å². The van der Waals surface area contributed by atoms with Crippen LogP contribution in [-0.4, -0.2) is 165 Å². The highest BCUT2D eigenvalue weighted by Crippen LogP contribution is 2.33. The van der Waals surface area contributed by atoms with Crippen LogP contribution < -0.4 is 0 Å². The van der Waals surface area contributed by atoms with Gasteiger partial charge in [0.1, 0.15) is 49.8 Å². The van der Waals surface area contributed by atoms with E-state index in [1.807, 2.05) is 28.2 Å². The molecule has 0 aromatic heterocycles. The molecule has 0 radical (unpaired) electrons. The van der Waals surface area contributed by atoms with Crippen molar-refractivity contribution in [3.8, 4) is 0 Å². The number of ether oxygens (including phenoxy) is 10. The quantitative estimate of drug-likeness (QED) is 0.0325. The first kappa shape index (κ1) is 142. The Bertz CT molecular complexity index is 2960. The maximum absolute atomic E-state index is 12.9. The fourth-order valence-electron chi connectivity index (χ4n) is 19.6. The molecule has 2 aliphatic heterocycles. The van der Waals surface area contributed by atoms with Crippen molar-refractivity contribution >= 4 is 11.9 Å². The van der Waals surface area contributed by atoms with E-state index in [1.165, 1.54) is 430 Å². The predicted molar refractivity (Wildman–Crippen MR) is 641 cm³/mol. The summed E-state index contributed by atoms with van der Waals surface area (Å²) < 4.78 is 64.8. The van der Waals surface area contributed by atoms with Gasteiger partial charge in [0.15, 0.2) is 12.6 Å². The molecule has 0 aliphatic carbocycles. The SMILES string of the molecule is CCCCC/C=C\C/C=C\CCCCCCCCO[C@@H]1O[C@H](COC(=O)CCCN(C)C)C(OCCCCCCCC/C=C\C/C=C\CCCCCCC)[C@@H]1OCCCCCCCC/C=C\C/C=C\CCCCCCC.CCCCCCCC/C=C\CCCCCCCCOC1[C@@H](COC(=O)CCCN(C)C)O[C@@H](OCCCCCCCC/C=C\CCCCCCCC)[C@H]1OCCCCCCCC/C=C\CCCCCCCC. The first-order valence-electron chi connectivity index (χ1n) is 64.5. The molecule has 0 amide bonds.